The Hall–Kier alpha value is -2.02. The topological polar surface area (TPSA) is 80.9 Å². The molecule has 0 atom stereocenters. The van der Waals surface area contributed by atoms with E-state index in [-0.39, 0.29) is 5.69 Å². The predicted molar refractivity (Wildman–Crippen MR) is 68.1 cm³/mol. The summed E-state index contributed by atoms with van der Waals surface area (Å²) >= 11 is 0.990. The quantitative estimate of drug-likeness (QED) is 0.833. The van der Waals surface area contributed by atoms with Gasteiger partial charge in [-0.1, -0.05) is 11.4 Å². The van der Waals surface area contributed by atoms with Crippen LogP contribution in [0.1, 0.15) is 22.3 Å². The lowest BCUT2D eigenvalue weighted by Gasteiger charge is -2.05. The largest absolute Gasteiger partial charge is 0.399 e. The second-order valence-corrected chi connectivity index (χ2v) is 4.35. The van der Waals surface area contributed by atoms with Crippen molar-refractivity contribution in [2.24, 2.45) is 0 Å². The lowest BCUT2D eigenvalue weighted by molar-refractivity contribution is 0.102. The fraction of sp³-hybridized carbons (Fsp3) is 0.182. The lowest BCUT2D eigenvalue weighted by Crippen LogP contribution is -2.13. The lowest BCUT2D eigenvalue weighted by atomic mass is 10.2. The highest BCUT2D eigenvalue weighted by atomic mass is 32.1. The monoisotopic (exact) mass is 266 g/mol. The Morgan fingerprint density at radius 1 is 1.56 bits per heavy atom. The van der Waals surface area contributed by atoms with Crippen LogP contribution < -0.4 is 11.1 Å². The van der Waals surface area contributed by atoms with Crippen LogP contribution in [0.2, 0.25) is 0 Å². The van der Waals surface area contributed by atoms with Crippen molar-refractivity contribution < 1.29 is 9.18 Å². The highest BCUT2D eigenvalue weighted by Gasteiger charge is 2.16. The summed E-state index contributed by atoms with van der Waals surface area (Å²) in [6.07, 6.45) is 0.601. The van der Waals surface area contributed by atoms with Crippen molar-refractivity contribution in [2.75, 3.05) is 11.1 Å². The first-order chi connectivity index (χ1) is 8.61. The van der Waals surface area contributed by atoms with E-state index in [0.717, 1.165) is 17.6 Å². The summed E-state index contributed by atoms with van der Waals surface area (Å²) < 4.78 is 17.2. The Labute approximate surface area is 107 Å². The molecule has 94 valence electrons. The van der Waals surface area contributed by atoms with Gasteiger partial charge in [0, 0.05) is 5.69 Å². The van der Waals surface area contributed by atoms with E-state index in [1.165, 1.54) is 12.1 Å². The van der Waals surface area contributed by atoms with Gasteiger partial charge in [0.25, 0.3) is 5.91 Å². The van der Waals surface area contributed by atoms with E-state index in [2.05, 4.69) is 14.9 Å². The molecule has 0 bridgehead atoms. The minimum absolute atomic E-state index is 0.0876. The standard InChI is InChI=1S/C11H11FN4OS/c1-2-8-10(18-16-15-8)11(17)14-9-4-3-6(13)5-7(9)12/h3-5H,2,13H2,1H3,(H,14,17). The van der Waals surface area contributed by atoms with Gasteiger partial charge in [0.1, 0.15) is 10.7 Å². The van der Waals surface area contributed by atoms with Gasteiger partial charge in [-0.25, -0.2) is 4.39 Å². The van der Waals surface area contributed by atoms with Gasteiger partial charge in [-0.2, -0.15) is 0 Å². The van der Waals surface area contributed by atoms with E-state index in [0.29, 0.717) is 22.7 Å². The Bertz CT molecular complexity index is 584. The van der Waals surface area contributed by atoms with Crippen molar-refractivity contribution in [1.29, 1.82) is 0 Å². The molecule has 0 aliphatic heterocycles. The molecule has 0 unspecified atom stereocenters. The zero-order valence-electron chi connectivity index (χ0n) is 9.61. The average Bonchev–Trinajstić information content (AvgIpc) is 2.81. The van der Waals surface area contributed by atoms with Gasteiger partial charge in [-0.15, -0.1) is 5.10 Å². The van der Waals surface area contributed by atoms with E-state index in [1.54, 1.807) is 0 Å². The number of nitrogens with zero attached hydrogens (tertiary/aromatic N) is 2. The fourth-order valence-corrected chi connectivity index (χ4v) is 2.07. The molecule has 0 radical (unpaired) electrons. The second kappa shape index (κ2) is 5.09. The fourth-order valence-electron chi connectivity index (χ4n) is 1.42. The minimum atomic E-state index is -0.570. The molecular formula is C11H11FN4OS. The van der Waals surface area contributed by atoms with Crippen LogP contribution in [0.5, 0.6) is 0 Å². The number of aryl methyl sites for hydroxylation is 1. The van der Waals surface area contributed by atoms with E-state index < -0.39 is 11.7 Å². The molecule has 0 fully saturated rings. The number of benzene rings is 1. The van der Waals surface area contributed by atoms with Gasteiger partial charge < -0.3 is 11.1 Å². The number of nitrogens with two attached hydrogens (primary N) is 1. The summed E-state index contributed by atoms with van der Waals surface area (Å²) in [7, 11) is 0. The van der Waals surface area contributed by atoms with Crippen LogP contribution in [-0.4, -0.2) is 15.5 Å². The third-order valence-electron chi connectivity index (χ3n) is 2.34. The number of hydrogen-bond donors (Lipinski definition) is 2. The van der Waals surface area contributed by atoms with Crippen LogP contribution in [0.25, 0.3) is 0 Å². The molecule has 1 aromatic carbocycles. The molecule has 0 saturated heterocycles. The van der Waals surface area contributed by atoms with Gasteiger partial charge in [0.2, 0.25) is 0 Å². The predicted octanol–water partition coefficient (Wildman–Crippen LogP) is 2.07. The number of carbonyl (C=O) groups excluding carboxylic acids is 1. The van der Waals surface area contributed by atoms with Gasteiger partial charge in [-0.3, -0.25) is 4.79 Å². The summed E-state index contributed by atoms with van der Waals surface area (Å²) in [5, 5.41) is 6.30. The number of nitrogens with one attached hydrogen (secondary N) is 1. The van der Waals surface area contributed by atoms with Crippen LogP contribution in [0.4, 0.5) is 15.8 Å². The Balaban J connectivity index is 2.21. The SMILES string of the molecule is CCc1nnsc1C(=O)Nc1ccc(N)cc1F. The van der Waals surface area contributed by atoms with Crippen molar-refractivity contribution in [3.63, 3.8) is 0 Å². The van der Waals surface area contributed by atoms with Crippen molar-refractivity contribution in [2.45, 2.75) is 13.3 Å². The average molecular weight is 266 g/mol. The third kappa shape index (κ3) is 2.45. The van der Waals surface area contributed by atoms with Crippen LogP contribution in [0.15, 0.2) is 18.2 Å². The molecule has 1 amide bonds. The second-order valence-electron chi connectivity index (χ2n) is 3.60. The van der Waals surface area contributed by atoms with Gasteiger partial charge in [-0.05, 0) is 36.2 Å². The van der Waals surface area contributed by atoms with E-state index in [9.17, 15) is 9.18 Å². The summed E-state index contributed by atoms with van der Waals surface area (Å²) in [5.41, 5.74) is 6.43. The number of carbonyl (C=O) groups is 1. The Morgan fingerprint density at radius 2 is 2.33 bits per heavy atom. The summed E-state index contributed by atoms with van der Waals surface area (Å²) in [6.45, 7) is 1.87. The molecule has 7 heteroatoms. The zero-order valence-corrected chi connectivity index (χ0v) is 10.4. The van der Waals surface area contributed by atoms with Crippen LogP contribution in [0.3, 0.4) is 0 Å². The van der Waals surface area contributed by atoms with Crippen molar-refractivity contribution in [1.82, 2.24) is 9.59 Å². The summed E-state index contributed by atoms with van der Waals surface area (Å²) in [4.78, 5) is 12.3. The highest BCUT2D eigenvalue weighted by Crippen LogP contribution is 2.19. The number of halogens is 1. The van der Waals surface area contributed by atoms with Crippen LogP contribution in [-0.2, 0) is 6.42 Å². The highest BCUT2D eigenvalue weighted by molar-refractivity contribution is 7.08. The molecule has 5 nitrogen and oxygen atoms in total. The Morgan fingerprint density at radius 3 is 3.00 bits per heavy atom. The Kier molecular flexibility index (Phi) is 3.52. The normalized spacial score (nSPS) is 10.3. The van der Waals surface area contributed by atoms with Crippen LogP contribution in [0, 0.1) is 5.82 Å². The minimum Gasteiger partial charge on any atom is -0.399 e. The first-order valence-corrected chi connectivity index (χ1v) is 6.06. The van der Waals surface area contributed by atoms with Gasteiger partial charge in [0.15, 0.2) is 0 Å². The molecule has 18 heavy (non-hydrogen) atoms. The molecule has 3 N–H and O–H groups in total. The first-order valence-electron chi connectivity index (χ1n) is 5.29. The first kappa shape index (κ1) is 12.4. The number of anilines is 2. The molecule has 0 aliphatic rings. The van der Waals surface area contributed by atoms with Crippen molar-refractivity contribution >= 4 is 28.8 Å². The molecular weight excluding hydrogens is 255 g/mol. The maximum Gasteiger partial charge on any atom is 0.269 e. The maximum atomic E-state index is 13.5. The smallest absolute Gasteiger partial charge is 0.269 e. The summed E-state index contributed by atoms with van der Waals surface area (Å²) in [6, 6.07) is 4.09. The molecule has 2 rings (SSSR count). The van der Waals surface area contributed by atoms with E-state index in [1.807, 2.05) is 6.92 Å². The molecule has 0 saturated carbocycles. The number of nitrogen functional groups attached to an aromatic ring is 1. The molecule has 2 aromatic rings. The third-order valence-corrected chi connectivity index (χ3v) is 3.11. The van der Waals surface area contributed by atoms with Crippen molar-refractivity contribution in [3.05, 3.63) is 34.6 Å². The van der Waals surface area contributed by atoms with Gasteiger partial charge in [0.05, 0.1) is 11.4 Å². The summed E-state index contributed by atoms with van der Waals surface area (Å²) in [5.74, 6) is -0.982. The zero-order chi connectivity index (χ0) is 13.1. The number of aromatic nitrogens is 2. The number of amides is 1. The maximum absolute atomic E-state index is 13.5. The van der Waals surface area contributed by atoms with Gasteiger partial charge >= 0.3 is 0 Å². The molecule has 0 aliphatic carbocycles. The molecule has 0 spiro atoms. The van der Waals surface area contributed by atoms with E-state index >= 15 is 0 Å². The molecule has 1 heterocycles. The van der Waals surface area contributed by atoms with Crippen LogP contribution >= 0.6 is 11.5 Å². The number of hydrogen-bond acceptors (Lipinski definition) is 5. The van der Waals surface area contributed by atoms with E-state index in [4.69, 9.17) is 5.73 Å². The number of rotatable bonds is 3. The molecule has 1 aromatic heterocycles. The van der Waals surface area contributed by atoms with Crippen molar-refractivity contribution in [3.8, 4) is 0 Å².